The number of methoxy groups -OCH3 is 1. The van der Waals surface area contributed by atoms with E-state index in [1.165, 1.54) is 41.8 Å². The number of thiazole rings is 1. The SMILES string of the molecule is COc1cc(S(=O)(=O)N2CCC[C@@H]2c2nc3ccccc3s2)ccc1NC(C)=O. The molecule has 3 aromatic rings. The minimum atomic E-state index is -3.74. The number of nitrogens with one attached hydrogen (secondary N) is 1. The van der Waals surface area contributed by atoms with Gasteiger partial charge in [0.05, 0.1) is 34.0 Å². The molecule has 1 aliphatic rings. The number of carbonyl (C=O) groups is 1. The highest BCUT2D eigenvalue weighted by molar-refractivity contribution is 7.89. The number of ether oxygens (including phenoxy) is 1. The lowest BCUT2D eigenvalue weighted by molar-refractivity contribution is -0.114. The van der Waals surface area contributed by atoms with Crippen LogP contribution in [0.25, 0.3) is 10.2 Å². The summed E-state index contributed by atoms with van der Waals surface area (Å²) in [7, 11) is -2.30. The van der Waals surface area contributed by atoms with E-state index in [0.29, 0.717) is 18.0 Å². The van der Waals surface area contributed by atoms with E-state index in [9.17, 15) is 13.2 Å². The lowest BCUT2D eigenvalue weighted by Gasteiger charge is -2.23. The molecule has 1 aliphatic heterocycles. The van der Waals surface area contributed by atoms with E-state index in [4.69, 9.17) is 4.74 Å². The molecular weight excluding hydrogens is 410 g/mol. The van der Waals surface area contributed by atoms with Crippen molar-refractivity contribution in [3.05, 3.63) is 47.5 Å². The summed E-state index contributed by atoms with van der Waals surface area (Å²) in [5, 5.41) is 3.46. The molecule has 9 heteroatoms. The van der Waals surface area contributed by atoms with Gasteiger partial charge in [-0.3, -0.25) is 4.79 Å². The maximum absolute atomic E-state index is 13.4. The maximum atomic E-state index is 13.4. The van der Waals surface area contributed by atoms with Crippen LogP contribution in [0, 0.1) is 0 Å². The van der Waals surface area contributed by atoms with E-state index in [0.717, 1.165) is 28.1 Å². The highest BCUT2D eigenvalue weighted by Gasteiger charge is 2.38. The summed E-state index contributed by atoms with van der Waals surface area (Å²) < 4.78 is 34.7. The van der Waals surface area contributed by atoms with Crippen LogP contribution in [0.3, 0.4) is 0 Å². The number of benzene rings is 2. The summed E-state index contributed by atoms with van der Waals surface area (Å²) >= 11 is 1.54. The Labute approximate surface area is 173 Å². The van der Waals surface area contributed by atoms with Crippen molar-refractivity contribution in [2.24, 2.45) is 0 Å². The Morgan fingerprint density at radius 1 is 1.28 bits per heavy atom. The molecule has 0 saturated carbocycles. The van der Waals surface area contributed by atoms with Crippen LogP contribution in [0.5, 0.6) is 5.75 Å². The van der Waals surface area contributed by atoms with Crippen LogP contribution < -0.4 is 10.1 Å². The number of fused-ring (bicyclic) bond motifs is 1. The summed E-state index contributed by atoms with van der Waals surface area (Å²) in [6.45, 7) is 1.83. The molecule has 1 saturated heterocycles. The van der Waals surface area contributed by atoms with Gasteiger partial charge in [0.25, 0.3) is 0 Å². The first-order valence-electron chi connectivity index (χ1n) is 9.23. The third kappa shape index (κ3) is 3.73. The number of rotatable bonds is 5. The molecule has 1 aromatic heterocycles. The van der Waals surface area contributed by atoms with E-state index in [2.05, 4.69) is 10.3 Å². The summed E-state index contributed by atoms with van der Waals surface area (Å²) in [6, 6.07) is 12.0. The number of para-hydroxylation sites is 1. The van der Waals surface area contributed by atoms with Crippen LogP contribution in [0.2, 0.25) is 0 Å². The van der Waals surface area contributed by atoms with Crippen molar-refractivity contribution >= 4 is 43.2 Å². The van der Waals surface area contributed by atoms with Gasteiger partial charge in [0.2, 0.25) is 15.9 Å². The molecule has 4 rings (SSSR count). The Kier molecular flexibility index (Phi) is 5.28. The van der Waals surface area contributed by atoms with Gasteiger partial charge >= 0.3 is 0 Å². The van der Waals surface area contributed by atoms with Gasteiger partial charge in [-0.25, -0.2) is 13.4 Å². The van der Waals surface area contributed by atoms with E-state index in [-0.39, 0.29) is 16.8 Å². The van der Waals surface area contributed by atoms with Crippen LogP contribution in [-0.2, 0) is 14.8 Å². The predicted molar refractivity (Wildman–Crippen MR) is 113 cm³/mol. The highest BCUT2D eigenvalue weighted by Crippen LogP contribution is 2.40. The number of aromatic nitrogens is 1. The first-order chi connectivity index (χ1) is 13.9. The Balaban J connectivity index is 1.69. The Bertz CT molecular complexity index is 1140. The topological polar surface area (TPSA) is 88.6 Å². The third-order valence-corrected chi connectivity index (χ3v) is 7.93. The van der Waals surface area contributed by atoms with E-state index in [1.807, 2.05) is 24.3 Å². The van der Waals surface area contributed by atoms with Crippen LogP contribution >= 0.6 is 11.3 Å². The molecule has 29 heavy (non-hydrogen) atoms. The first-order valence-corrected chi connectivity index (χ1v) is 11.5. The Hall–Kier alpha value is -2.49. The van der Waals surface area contributed by atoms with E-state index >= 15 is 0 Å². The molecule has 0 bridgehead atoms. The maximum Gasteiger partial charge on any atom is 0.243 e. The summed E-state index contributed by atoms with van der Waals surface area (Å²) in [4.78, 5) is 16.2. The minimum absolute atomic E-state index is 0.136. The standard InChI is InChI=1S/C20H21N3O4S2/c1-13(24)21-15-10-9-14(12-18(15)27-2)29(25,26)23-11-5-7-17(23)20-22-16-6-3-4-8-19(16)28-20/h3-4,6,8-10,12,17H,5,7,11H2,1-2H3,(H,21,24)/t17-/m1/s1. The summed E-state index contributed by atoms with van der Waals surface area (Å²) in [5.74, 6) is 0.0476. The molecule has 1 fully saturated rings. The zero-order valence-corrected chi connectivity index (χ0v) is 17.7. The second-order valence-corrected chi connectivity index (χ2v) is 9.79. The van der Waals surface area contributed by atoms with Gasteiger partial charge in [-0.1, -0.05) is 12.1 Å². The van der Waals surface area contributed by atoms with E-state index in [1.54, 1.807) is 6.07 Å². The number of hydrogen-bond donors (Lipinski definition) is 1. The lowest BCUT2D eigenvalue weighted by Crippen LogP contribution is -2.30. The molecule has 0 unspecified atom stereocenters. The fraction of sp³-hybridized carbons (Fsp3) is 0.300. The van der Waals surface area contributed by atoms with Gasteiger partial charge in [0.15, 0.2) is 0 Å². The zero-order chi connectivity index (χ0) is 20.6. The molecule has 0 radical (unpaired) electrons. The predicted octanol–water partition coefficient (Wildman–Crippen LogP) is 3.79. The number of hydrogen-bond acceptors (Lipinski definition) is 6. The lowest BCUT2D eigenvalue weighted by atomic mass is 10.2. The largest absolute Gasteiger partial charge is 0.495 e. The van der Waals surface area contributed by atoms with Gasteiger partial charge in [-0.05, 0) is 37.1 Å². The molecule has 1 N–H and O–H groups in total. The highest BCUT2D eigenvalue weighted by atomic mass is 32.2. The number of anilines is 1. The molecule has 152 valence electrons. The average molecular weight is 432 g/mol. The van der Waals surface area contributed by atoms with Crippen molar-refractivity contribution in [2.45, 2.75) is 30.7 Å². The zero-order valence-electron chi connectivity index (χ0n) is 16.1. The normalized spacial score (nSPS) is 17.5. The van der Waals surface area contributed by atoms with Crippen molar-refractivity contribution in [3.8, 4) is 5.75 Å². The van der Waals surface area contributed by atoms with Crippen LogP contribution in [0.15, 0.2) is 47.4 Å². The second-order valence-electron chi connectivity index (χ2n) is 6.84. The molecular formula is C20H21N3O4S2. The van der Waals surface area contributed by atoms with E-state index < -0.39 is 10.0 Å². The smallest absolute Gasteiger partial charge is 0.243 e. The van der Waals surface area contributed by atoms with Crippen LogP contribution in [0.1, 0.15) is 30.8 Å². The van der Waals surface area contributed by atoms with Crippen molar-refractivity contribution in [1.82, 2.24) is 9.29 Å². The van der Waals surface area contributed by atoms with Gasteiger partial charge < -0.3 is 10.1 Å². The number of amides is 1. The number of sulfonamides is 1. The first kappa shape index (κ1) is 19.8. The molecule has 1 amide bonds. The molecule has 2 heterocycles. The Morgan fingerprint density at radius 2 is 2.07 bits per heavy atom. The quantitative estimate of drug-likeness (QED) is 0.664. The van der Waals surface area contributed by atoms with Gasteiger partial charge in [-0.15, -0.1) is 11.3 Å². The fourth-order valence-electron chi connectivity index (χ4n) is 3.57. The van der Waals surface area contributed by atoms with Crippen LogP contribution in [0.4, 0.5) is 5.69 Å². The molecule has 2 aromatic carbocycles. The Morgan fingerprint density at radius 3 is 2.79 bits per heavy atom. The fourth-order valence-corrected chi connectivity index (χ4v) is 6.43. The number of nitrogens with zero attached hydrogens (tertiary/aromatic N) is 2. The van der Waals surface area contributed by atoms with Crippen molar-refractivity contribution in [1.29, 1.82) is 0 Å². The van der Waals surface area contributed by atoms with Crippen molar-refractivity contribution in [3.63, 3.8) is 0 Å². The molecule has 0 aliphatic carbocycles. The van der Waals surface area contributed by atoms with Crippen molar-refractivity contribution < 1.29 is 17.9 Å². The summed E-state index contributed by atoms with van der Waals surface area (Å²) in [6.07, 6.45) is 1.51. The molecule has 7 nitrogen and oxygen atoms in total. The summed E-state index contributed by atoms with van der Waals surface area (Å²) in [5.41, 5.74) is 1.32. The second kappa shape index (κ2) is 7.74. The number of carbonyl (C=O) groups excluding carboxylic acids is 1. The van der Waals surface area contributed by atoms with Crippen molar-refractivity contribution in [2.75, 3.05) is 19.0 Å². The van der Waals surface area contributed by atoms with Gasteiger partial charge in [0.1, 0.15) is 10.8 Å². The van der Waals surface area contributed by atoms with Crippen LogP contribution in [-0.4, -0.2) is 37.3 Å². The monoisotopic (exact) mass is 431 g/mol. The molecule has 0 spiro atoms. The van der Waals surface area contributed by atoms with Gasteiger partial charge in [-0.2, -0.15) is 4.31 Å². The minimum Gasteiger partial charge on any atom is -0.495 e. The third-order valence-electron chi connectivity index (χ3n) is 4.89. The van der Waals surface area contributed by atoms with Gasteiger partial charge in [0, 0.05) is 19.5 Å². The molecule has 1 atom stereocenters. The average Bonchev–Trinajstić information content (AvgIpc) is 3.34.